The molecule has 0 aliphatic carbocycles. The van der Waals surface area contributed by atoms with Crippen molar-refractivity contribution >= 4 is 11.7 Å². The number of aromatic nitrogens is 2. The maximum absolute atomic E-state index is 13.3. The molecule has 0 radical (unpaired) electrons. The number of halogens is 1. The van der Waals surface area contributed by atoms with E-state index in [1.807, 2.05) is 19.1 Å². The van der Waals surface area contributed by atoms with Crippen LogP contribution in [0.15, 0.2) is 36.8 Å². The lowest BCUT2D eigenvalue weighted by Crippen LogP contribution is -2.27. The van der Waals surface area contributed by atoms with E-state index in [9.17, 15) is 9.18 Å². The van der Waals surface area contributed by atoms with Crippen LogP contribution in [-0.2, 0) is 6.42 Å². The van der Waals surface area contributed by atoms with Gasteiger partial charge in [-0.3, -0.25) is 9.78 Å². The van der Waals surface area contributed by atoms with E-state index < -0.39 is 5.82 Å². The van der Waals surface area contributed by atoms with Crippen molar-refractivity contribution in [2.75, 3.05) is 18.4 Å². The zero-order valence-electron chi connectivity index (χ0n) is 11.8. The van der Waals surface area contributed by atoms with Gasteiger partial charge in [-0.25, -0.2) is 9.37 Å². The first kappa shape index (κ1) is 14.9. The second-order valence-corrected chi connectivity index (χ2v) is 4.45. The van der Waals surface area contributed by atoms with Crippen molar-refractivity contribution in [1.29, 1.82) is 0 Å². The third-order valence-corrected chi connectivity index (χ3v) is 2.87. The smallest absolute Gasteiger partial charge is 0.255 e. The van der Waals surface area contributed by atoms with Gasteiger partial charge in [-0.05, 0) is 31.0 Å². The van der Waals surface area contributed by atoms with Crippen molar-refractivity contribution in [2.24, 2.45) is 0 Å². The summed E-state index contributed by atoms with van der Waals surface area (Å²) in [5.74, 6) is -0.492. The Balaban J connectivity index is 1.98. The van der Waals surface area contributed by atoms with Gasteiger partial charge in [0.05, 0.1) is 11.8 Å². The van der Waals surface area contributed by atoms with Crippen LogP contribution in [0.4, 0.5) is 10.2 Å². The SMILES string of the molecule is CCNc1ncc(F)cc1C(=O)NCCc1cccnc1. The van der Waals surface area contributed by atoms with Crippen molar-refractivity contribution in [3.63, 3.8) is 0 Å². The summed E-state index contributed by atoms with van der Waals surface area (Å²) in [6.07, 6.45) is 5.20. The Bertz CT molecular complexity index is 604. The van der Waals surface area contributed by atoms with Gasteiger partial charge in [-0.1, -0.05) is 6.07 Å². The number of hydrogen-bond donors (Lipinski definition) is 2. The van der Waals surface area contributed by atoms with Crippen LogP contribution in [-0.4, -0.2) is 29.0 Å². The average Bonchev–Trinajstić information content (AvgIpc) is 2.50. The second kappa shape index (κ2) is 7.33. The molecular formula is C15H17FN4O. The maximum atomic E-state index is 13.3. The van der Waals surface area contributed by atoms with Crippen molar-refractivity contribution in [1.82, 2.24) is 15.3 Å². The molecular weight excluding hydrogens is 271 g/mol. The molecule has 21 heavy (non-hydrogen) atoms. The third-order valence-electron chi connectivity index (χ3n) is 2.87. The maximum Gasteiger partial charge on any atom is 0.255 e. The molecule has 110 valence electrons. The van der Waals surface area contributed by atoms with Crippen LogP contribution in [0.3, 0.4) is 0 Å². The summed E-state index contributed by atoms with van der Waals surface area (Å²) in [5, 5.41) is 5.70. The molecule has 0 spiro atoms. The summed E-state index contributed by atoms with van der Waals surface area (Å²) in [7, 11) is 0. The van der Waals surface area contributed by atoms with Crippen LogP contribution in [0.1, 0.15) is 22.8 Å². The van der Waals surface area contributed by atoms with E-state index in [0.717, 1.165) is 11.8 Å². The Labute approximate surface area is 122 Å². The topological polar surface area (TPSA) is 66.9 Å². The van der Waals surface area contributed by atoms with E-state index in [1.54, 1.807) is 12.4 Å². The fraction of sp³-hybridized carbons (Fsp3) is 0.267. The Kier molecular flexibility index (Phi) is 5.20. The molecule has 0 aliphatic rings. The number of carbonyl (C=O) groups is 1. The van der Waals surface area contributed by atoms with E-state index in [-0.39, 0.29) is 11.5 Å². The fourth-order valence-electron chi connectivity index (χ4n) is 1.88. The molecule has 5 nitrogen and oxygen atoms in total. The lowest BCUT2D eigenvalue weighted by molar-refractivity contribution is 0.0954. The molecule has 0 saturated carbocycles. The van der Waals surface area contributed by atoms with E-state index in [1.165, 1.54) is 6.07 Å². The van der Waals surface area contributed by atoms with E-state index in [2.05, 4.69) is 20.6 Å². The Morgan fingerprint density at radius 2 is 2.24 bits per heavy atom. The minimum Gasteiger partial charge on any atom is -0.370 e. The molecule has 2 aromatic heterocycles. The average molecular weight is 288 g/mol. The number of nitrogens with zero attached hydrogens (tertiary/aromatic N) is 2. The van der Waals surface area contributed by atoms with Gasteiger partial charge in [0.1, 0.15) is 11.6 Å². The van der Waals surface area contributed by atoms with Gasteiger partial charge in [0.2, 0.25) is 0 Å². The van der Waals surface area contributed by atoms with E-state index in [4.69, 9.17) is 0 Å². The van der Waals surface area contributed by atoms with Gasteiger partial charge in [-0.2, -0.15) is 0 Å². The molecule has 0 aromatic carbocycles. The number of anilines is 1. The first-order valence-corrected chi connectivity index (χ1v) is 6.77. The predicted octanol–water partition coefficient (Wildman–Crippen LogP) is 2.02. The molecule has 1 amide bonds. The van der Waals surface area contributed by atoms with Crippen LogP contribution < -0.4 is 10.6 Å². The van der Waals surface area contributed by atoms with Crippen LogP contribution in [0, 0.1) is 5.82 Å². The van der Waals surface area contributed by atoms with Crippen LogP contribution in [0.2, 0.25) is 0 Å². The summed E-state index contributed by atoms with van der Waals surface area (Å²) >= 11 is 0. The third kappa shape index (κ3) is 4.24. The normalized spacial score (nSPS) is 10.2. The molecule has 0 saturated heterocycles. The molecule has 0 bridgehead atoms. The fourth-order valence-corrected chi connectivity index (χ4v) is 1.88. The zero-order chi connectivity index (χ0) is 15.1. The monoisotopic (exact) mass is 288 g/mol. The Morgan fingerprint density at radius 1 is 1.38 bits per heavy atom. The highest BCUT2D eigenvalue weighted by Crippen LogP contribution is 2.13. The largest absolute Gasteiger partial charge is 0.370 e. The molecule has 0 aliphatic heterocycles. The highest BCUT2D eigenvalue weighted by Gasteiger charge is 2.13. The first-order chi connectivity index (χ1) is 10.2. The second-order valence-electron chi connectivity index (χ2n) is 4.45. The zero-order valence-corrected chi connectivity index (χ0v) is 11.8. The summed E-state index contributed by atoms with van der Waals surface area (Å²) in [5.41, 5.74) is 1.24. The number of carbonyl (C=O) groups excluding carboxylic acids is 1. The summed E-state index contributed by atoms with van der Waals surface area (Å²) in [6, 6.07) is 4.97. The number of amides is 1. The van der Waals surface area contributed by atoms with Crippen LogP contribution in [0.25, 0.3) is 0 Å². The van der Waals surface area contributed by atoms with Crippen molar-refractivity contribution in [3.8, 4) is 0 Å². The lowest BCUT2D eigenvalue weighted by Gasteiger charge is -2.10. The molecule has 0 unspecified atom stereocenters. The van der Waals surface area contributed by atoms with E-state index >= 15 is 0 Å². The molecule has 0 fully saturated rings. The minimum absolute atomic E-state index is 0.211. The first-order valence-electron chi connectivity index (χ1n) is 6.77. The summed E-state index contributed by atoms with van der Waals surface area (Å²) < 4.78 is 13.3. The molecule has 6 heteroatoms. The number of pyridine rings is 2. The molecule has 2 heterocycles. The van der Waals surface area contributed by atoms with Gasteiger partial charge in [0.25, 0.3) is 5.91 Å². The molecule has 2 N–H and O–H groups in total. The Hall–Kier alpha value is -2.50. The molecule has 0 atom stereocenters. The van der Waals surface area contributed by atoms with Gasteiger partial charge >= 0.3 is 0 Å². The minimum atomic E-state index is -0.533. The standard InChI is InChI=1S/C15H17FN4O/c1-2-18-14-13(8-12(16)10-20-14)15(21)19-7-5-11-4-3-6-17-9-11/h3-4,6,8-10H,2,5,7H2,1H3,(H,18,20)(H,19,21). The molecule has 2 rings (SSSR count). The van der Waals surface area contributed by atoms with Crippen molar-refractivity contribution < 1.29 is 9.18 Å². The summed E-state index contributed by atoms with van der Waals surface area (Å²) in [4.78, 5) is 20.0. The highest BCUT2D eigenvalue weighted by molar-refractivity contribution is 5.98. The van der Waals surface area contributed by atoms with Crippen molar-refractivity contribution in [2.45, 2.75) is 13.3 Å². The van der Waals surface area contributed by atoms with Gasteiger partial charge < -0.3 is 10.6 Å². The lowest BCUT2D eigenvalue weighted by atomic mass is 10.2. The van der Waals surface area contributed by atoms with Crippen LogP contribution >= 0.6 is 0 Å². The highest BCUT2D eigenvalue weighted by atomic mass is 19.1. The number of hydrogen-bond acceptors (Lipinski definition) is 4. The quantitative estimate of drug-likeness (QED) is 0.853. The van der Waals surface area contributed by atoms with Gasteiger partial charge in [-0.15, -0.1) is 0 Å². The van der Waals surface area contributed by atoms with Gasteiger partial charge in [0, 0.05) is 25.5 Å². The number of nitrogens with one attached hydrogen (secondary N) is 2. The van der Waals surface area contributed by atoms with Gasteiger partial charge in [0.15, 0.2) is 0 Å². The molecule has 2 aromatic rings. The predicted molar refractivity (Wildman–Crippen MR) is 78.6 cm³/mol. The summed E-state index contributed by atoms with van der Waals surface area (Å²) in [6.45, 7) is 2.94. The number of rotatable bonds is 6. The Morgan fingerprint density at radius 3 is 2.95 bits per heavy atom. The van der Waals surface area contributed by atoms with E-state index in [0.29, 0.717) is 25.3 Å². The van der Waals surface area contributed by atoms with Crippen LogP contribution in [0.5, 0.6) is 0 Å². The van der Waals surface area contributed by atoms with Crippen molar-refractivity contribution in [3.05, 3.63) is 53.7 Å².